The normalized spacial score (nSPS) is 10.7. The molecular weight excluding hydrogens is 444 g/mol. The lowest BCUT2D eigenvalue weighted by atomic mass is 10.2. The van der Waals surface area contributed by atoms with Crippen molar-refractivity contribution in [2.75, 3.05) is 18.4 Å². The number of aromatic nitrogens is 3. The Bertz CT molecular complexity index is 1350. The van der Waals surface area contributed by atoms with Crippen molar-refractivity contribution in [2.45, 2.75) is 19.9 Å². The largest absolute Gasteiger partial charge is 0.353 e. The Morgan fingerprint density at radius 1 is 0.886 bits per heavy atom. The minimum atomic E-state index is -0.286. The Morgan fingerprint density at radius 3 is 2.49 bits per heavy atom. The average molecular weight is 471 g/mol. The number of carbonyl (C=O) groups excluding carboxylic acids is 3. The zero-order valence-corrected chi connectivity index (χ0v) is 19.3. The van der Waals surface area contributed by atoms with Crippen LogP contribution in [-0.4, -0.2) is 45.6 Å². The Morgan fingerprint density at radius 2 is 1.69 bits per heavy atom. The molecule has 3 amide bonds. The van der Waals surface area contributed by atoms with Crippen molar-refractivity contribution in [3.8, 4) is 0 Å². The lowest BCUT2D eigenvalue weighted by molar-refractivity contribution is -0.121. The van der Waals surface area contributed by atoms with Gasteiger partial charge in [0.25, 0.3) is 11.8 Å². The summed E-state index contributed by atoms with van der Waals surface area (Å²) in [6.07, 6.45) is 2.50. The summed E-state index contributed by atoms with van der Waals surface area (Å²) in [5, 5.41) is 13.6. The zero-order valence-electron chi connectivity index (χ0n) is 19.3. The van der Waals surface area contributed by atoms with E-state index >= 15 is 0 Å². The minimum Gasteiger partial charge on any atom is -0.353 e. The Balaban J connectivity index is 1.28. The van der Waals surface area contributed by atoms with Crippen LogP contribution in [0.15, 0.2) is 72.9 Å². The summed E-state index contributed by atoms with van der Waals surface area (Å²) in [6, 6.07) is 19.6. The number of hydrogen-bond acceptors (Lipinski definition) is 5. The van der Waals surface area contributed by atoms with Gasteiger partial charge in [-0.15, -0.1) is 0 Å². The molecule has 0 aliphatic heterocycles. The van der Waals surface area contributed by atoms with Gasteiger partial charge in [0.2, 0.25) is 5.91 Å². The highest BCUT2D eigenvalue weighted by atomic mass is 16.2. The van der Waals surface area contributed by atoms with Gasteiger partial charge in [0.05, 0.1) is 5.52 Å². The summed E-state index contributed by atoms with van der Waals surface area (Å²) in [5.41, 5.74) is 3.10. The Labute approximate surface area is 202 Å². The van der Waals surface area contributed by atoms with E-state index in [9.17, 15) is 14.4 Å². The van der Waals surface area contributed by atoms with E-state index in [1.54, 1.807) is 59.4 Å². The van der Waals surface area contributed by atoms with E-state index in [-0.39, 0.29) is 24.3 Å². The van der Waals surface area contributed by atoms with Gasteiger partial charge in [-0.2, -0.15) is 5.10 Å². The summed E-state index contributed by atoms with van der Waals surface area (Å²) in [7, 11) is 0. The molecule has 0 spiro atoms. The molecule has 4 rings (SSSR count). The first-order valence-corrected chi connectivity index (χ1v) is 11.4. The molecule has 3 N–H and O–H groups in total. The number of pyridine rings is 1. The van der Waals surface area contributed by atoms with Gasteiger partial charge in [-0.25, -0.2) is 4.98 Å². The second-order valence-electron chi connectivity index (χ2n) is 7.89. The molecule has 0 saturated heterocycles. The predicted octanol–water partition coefficient (Wildman–Crippen LogP) is 2.79. The second kappa shape index (κ2) is 11.1. The molecular formula is C26H26N6O3. The molecule has 0 fully saturated rings. The maximum atomic E-state index is 12.5. The number of benzene rings is 2. The van der Waals surface area contributed by atoms with Gasteiger partial charge in [-0.05, 0) is 48.9 Å². The van der Waals surface area contributed by atoms with E-state index in [0.29, 0.717) is 35.6 Å². The number of nitrogens with one attached hydrogen (secondary N) is 3. The highest BCUT2D eigenvalue weighted by Crippen LogP contribution is 2.18. The van der Waals surface area contributed by atoms with Crippen LogP contribution in [0.3, 0.4) is 0 Å². The first-order valence-electron chi connectivity index (χ1n) is 11.4. The summed E-state index contributed by atoms with van der Waals surface area (Å²) in [4.78, 5) is 41.2. The fourth-order valence-corrected chi connectivity index (χ4v) is 3.51. The summed E-state index contributed by atoms with van der Waals surface area (Å²) in [6.45, 7) is 2.65. The average Bonchev–Trinajstić information content (AvgIpc) is 3.28. The first-order chi connectivity index (χ1) is 17.0. The SMILES string of the molecule is CCc1cccc(C(=O)Nc2ccc3nn(CC(=O)NCCNC(=O)c4ccccc4)cc3c2)n1. The van der Waals surface area contributed by atoms with Crippen LogP contribution in [0.4, 0.5) is 5.69 Å². The molecule has 0 unspecified atom stereocenters. The number of carbonyl (C=O) groups is 3. The highest BCUT2D eigenvalue weighted by molar-refractivity contribution is 6.03. The molecule has 9 nitrogen and oxygen atoms in total. The van der Waals surface area contributed by atoms with Crippen molar-refractivity contribution in [1.82, 2.24) is 25.4 Å². The lowest BCUT2D eigenvalue weighted by Gasteiger charge is -2.07. The number of hydrogen-bond donors (Lipinski definition) is 3. The van der Waals surface area contributed by atoms with E-state index in [0.717, 1.165) is 17.5 Å². The smallest absolute Gasteiger partial charge is 0.274 e. The van der Waals surface area contributed by atoms with Crippen LogP contribution in [0.1, 0.15) is 33.5 Å². The van der Waals surface area contributed by atoms with Crippen molar-refractivity contribution in [3.63, 3.8) is 0 Å². The van der Waals surface area contributed by atoms with E-state index < -0.39 is 0 Å². The Hall–Kier alpha value is -4.53. The quantitative estimate of drug-likeness (QED) is 0.325. The van der Waals surface area contributed by atoms with Crippen molar-refractivity contribution in [2.24, 2.45) is 0 Å². The number of fused-ring (bicyclic) bond motifs is 1. The Kier molecular flexibility index (Phi) is 7.47. The van der Waals surface area contributed by atoms with Crippen molar-refractivity contribution >= 4 is 34.3 Å². The van der Waals surface area contributed by atoms with Crippen LogP contribution >= 0.6 is 0 Å². The number of rotatable bonds is 9. The van der Waals surface area contributed by atoms with Crippen LogP contribution in [0.2, 0.25) is 0 Å². The molecule has 2 heterocycles. The van der Waals surface area contributed by atoms with Crippen LogP contribution in [0.5, 0.6) is 0 Å². The van der Waals surface area contributed by atoms with Crippen LogP contribution in [0, 0.1) is 0 Å². The predicted molar refractivity (Wildman–Crippen MR) is 133 cm³/mol. The van der Waals surface area contributed by atoms with Crippen LogP contribution < -0.4 is 16.0 Å². The third-order valence-electron chi connectivity index (χ3n) is 5.29. The molecule has 0 radical (unpaired) electrons. The van der Waals surface area contributed by atoms with Gasteiger partial charge in [-0.1, -0.05) is 31.2 Å². The lowest BCUT2D eigenvalue weighted by Crippen LogP contribution is -2.36. The van der Waals surface area contributed by atoms with Crippen LogP contribution in [0.25, 0.3) is 10.9 Å². The fraction of sp³-hybridized carbons (Fsp3) is 0.192. The molecule has 35 heavy (non-hydrogen) atoms. The highest BCUT2D eigenvalue weighted by Gasteiger charge is 2.11. The zero-order chi connectivity index (χ0) is 24.6. The van der Waals surface area contributed by atoms with Crippen molar-refractivity contribution < 1.29 is 14.4 Å². The van der Waals surface area contributed by atoms with Crippen molar-refractivity contribution in [3.05, 3.63) is 89.9 Å². The molecule has 178 valence electrons. The molecule has 9 heteroatoms. The van der Waals surface area contributed by atoms with E-state index in [4.69, 9.17) is 0 Å². The number of anilines is 1. The molecule has 2 aromatic heterocycles. The maximum absolute atomic E-state index is 12.5. The third-order valence-corrected chi connectivity index (χ3v) is 5.29. The van der Waals surface area contributed by atoms with Crippen molar-refractivity contribution in [1.29, 1.82) is 0 Å². The molecule has 0 saturated carbocycles. The first kappa shape index (κ1) is 23.6. The number of amides is 3. The number of nitrogens with zero attached hydrogens (tertiary/aromatic N) is 3. The molecule has 0 atom stereocenters. The molecule has 0 aliphatic carbocycles. The summed E-state index contributed by atoms with van der Waals surface area (Å²) >= 11 is 0. The second-order valence-corrected chi connectivity index (χ2v) is 7.89. The topological polar surface area (TPSA) is 118 Å². The standard InChI is InChI=1S/C26H26N6O3/c1-2-20-9-6-10-23(29-20)26(35)30-21-11-12-22-19(15-21)16-32(31-22)17-24(33)27-13-14-28-25(34)18-7-4-3-5-8-18/h3-12,15-16H,2,13-14,17H2,1H3,(H,27,33)(H,28,34)(H,30,35). The fourth-order valence-electron chi connectivity index (χ4n) is 3.51. The number of aryl methyl sites for hydroxylation is 1. The van der Waals surface area contributed by atoms with Gasteiger partial charge in [0, 0.05) is 41.6 Å². The van der Waals surface area contributed by atoms with Gasteiger partial charge in [0.15, 0.2) is 0 Å². The van der Waals surface area contributed by atoms with Gasteiger partial charge >= 0.3 is 0 Å². The third kappa shape index (κ3) is 6.29. The molecule has 2 aromatic carbocycles. The van der Waals surface area contributed by atoms with Gasteiger partial charge in [-0.3, -0.25) is 19.1 Å². The monoisotopic (exact) mass is 470 g/mol. The van der Waals surface area contributed by atoms with Gasteiger partial charge in [0.1, 0.15) is 12.2 Å². The van der Waals surface area contributed by atoms with E-state index in [1.165, 1.54) is 0 Å². The van der Waals surface area contributed by atoms with E-state index in [2.05, 4.69) is 26.0 Å². The minimum absolute atomic E-state index is 0.0384. The summed E-state index contributed by atoms with van der Waals surface area (Å²) < 4.78 is 1.54. The molecule has 4 aromatic rings. The molecule has 0 aliphatic rings. The van der Waals surface area contributed by atoms with Gasteiger partial charge < -0.3 is 16.0 Å². The summed E-state index contributed by atoms with van der Waals surface area (Å²) in [5.74, 6) is -0.692. The maximum Gasteiger partial charge on any atom is 0.274 e. The van der Waals surface area contributed by atoms with Crippen LogP contribution in [-0.2, 0) is 17.8 Å². The van der Waals surface area contributed by atoms with E-state index in [1.807, 2.05) is 25.1 Å². The molecule has 0 bridgehead atoms.